The van der Waals surface area contributed by atoms with Crippen LogP contribution < -0.4 is 0 Å². The lowest BCUT2D eigenvalue weighted by Gasteiger charge is -2.46. The smallest absolute Gasteiger partial charge is 0.223 e. The highest BCUT2D eigenvalue weighted by molar-refractivity contribution is 9.25. The van der Waals surface area contributed by atoms with Gasteiger partial charge >= 0.3 is 0 Å². The van der Waals surface area contributed by atoms with Gasteiger partial charge in [-0.3, -0.25) is 9.59 Å². The molecular formula is C15H15Br2NO2. The molecule has 1 heterocycles. The molecule has 0 N–H and O–H groups in total. The van der Waals surface area contributed by atoms with Crippen LogP contribution in [0.25, 0.3) is 0 Å². The number of rotatable bonds is 2. The van der Waals surface area contributed by atoms with Gasteiger partial charge in [-0.1, -0.05) is 62.2 Å². The number of benzene rings is 1. The molecule has 1 aromatic carbocycles. The molecule has 2 fully saturated rings. The zero-order chi connectivity index (χ0) is 14.3. The van der Waals surface area contributed by atoms with Crippen molar-refractivity contribution in [2.45, 2.75) is 35.1 Å². The highest BCUT2D eigenvalue weighted by Crippen LogP contribution is 2.46. The van der Waals surface area contributed by atoms with Gasteiger partial charge in [0, 0.05) is 31.3 Å². The van der Waals surface area contributed by atoms with Gasteiger partial charge in [-0.2, -0.15) is 0 Å². The molecular weight excluding hydrogens is 386 g/mol. The summed E-state index contributed by atoms with van der Waals surface area (Å²) in [7, 11) is 0. The first kappa shape index (κ1) is 14.3. The van der Waals surface area contributed by atoms with E-state index in [1.165, 1.54) is 0 Å². The minimum Gasteiger partial charge on any atom is -0.335 e. The molecule has 0 spiro atoms. The van der Waals surface area contributed by atoms with Crippen LogP contribution in [0, 0.1) is 5.92 Å². The van der Waals surface area contributed by atoms with Crippen molar-refractivity contribution in [1.29, 1.82) is 0 Å². The predicted octanol–water partition coefficient (Wildman–Crippen LogP) is 3.25. The quantitative estimate of drug-likeness (QED) is 0.714. The molecule has 1 saturated heterocycles. The van der Waals surface area contributed by atoms with Crippen LogP contribution in [0.1, 0.15) is 24.8 Å². The van der Waals surface area contributed by atoms with Gasteiger partial charge in [0.05, 0.1) is 0 Å². The molecule has 2 aliphatic rings. The number of carbonyl (C=O) groups is 2. The molecule has 20 heavy (non-hydrogen) atoms. The summed E-state index contributed by atoms with van der Waals surface area (Å²) in [6.45, 7) is 0.626. The fraction of sp³-hybridized carbons (Fsp3) is 0.467. The third-order valence-electron chi connectivity index (χ3n) is 4.16. The summed E-state index contributed by atoms with van der Waals surface area (Å²) in [4.78, 5) is 26.4. The van der Waals surface area contributed by atoms with Crippen molar-refractivity contribution in [2.75, 3.05) is 0 Å². The van der Waals surface area contributed by atoms with Crippen LogP contribution in [-0.4, -0.2) is 25.9 Å². The Morgan fingerprint density at radius 2 is 1.90 bits per heavy atom. The number of halogens is 2. The maximum Gasteiger partial charge on any atom is 0.223 e. The monoisotopic (exact) mass is 399 g/mol. The molecule has 1 amide bonds. The fourth-order valence-corrected chi connectivity index (χ4v) is 4.55. The van der Waals surface area contributed by atoms with Crippen molar-refractivity contribution in [3.8, 4) is 0 Å². The van der Waals surface area contributed by atoms with E-state index in [1.54, 1.807) is 0 Å². The summed E-state index contributed by atoms with van der Waals surface area (Å²) in [5, 5.41) is 0. The Balaban J connectivity index is 1.82. The number of amides is 1. The van der Waals surface area contributed by atoms with Gasteiger partial charge in [0.2, 0.25) is 5.91 Å². The Kier molecular flexibility index (Phi) is 3.75. The largest absolute Gasteiger partial charge is 0.335 e. The second kappa shape index (κ2) is 5.26. The van der Waals surface area contributed by atoms with Gasteiger partial charge in [0.1, 0.15) is 3.23 Å². The fourth-order valence-electron chi connectivity index (χ4n) is 3.16. The van der Waals surface area contributed by atoms with E-state index in [1.807, 2.05) is 35.2 Å². The second-order valence-corrected chi connectivity index (χ2v) is 9.34. The molecule has 2 bridgehead atoms. The van der Waals surface area contributed by atoms with Crippen molar-refractivity contribution in [1.82, 2.24) is 4.90 Å². The van der Waals surface area contributed by atoms with Crippen molar-refractivity contribution < 1.29 is 9.59 Å². The van der Waals surface area contributed by atoms with Crippen LogP contribution in [0.4, 0.5) is 0 Å². The van der Waals surface area contributed by atoms with Gasteiger partial charge < -0.3 is 4.90 Å². The molecule has 1 aliphatic heterocycles. The number of piperidine rings is 1. The van der Waals surface area contributed by atoms with E-state index in [9.17, 15) is 9.59 Å². The van der Waals surface area contributed by atoms with Crippen LogP contribution in [0.15, 0.2) is 30.3 Å². The first-order valence-corrected chi connectivity index (χ1v) is 8.31. The van der Waals surface area contributed by atoms with E-state index >= 15 is 0 Å². The van der Waals surface area contributed by atoms with E-state index in [0.29, 0.717) is 19.4 Å². The number of carbonyl (C=O) groups excluding carboxylic acids is 2. The van der Waals surface area contributed by atoms with Crippen LogP contribution in [-0.2, 0) is 16.1 Å². The Morgan fingerprint density at radius 1 is 1.20 bits per heavy atom. The molecule has 1 aromatic rings. The Hall–Kier alpha value is -0.680. The second-order valence-electron chi connectivity index (χ2n) is 5.57. The molecule has 1 aliphatic carbocycles. The summed E-state index contributed by atoms with van der Waals surface area (Å²) in [5.41, 5.74) is 1.13. The molecule has 0 radical (unpaired) electrons. The Bertz CT molecular complexity index is 544. The van der Waals surface area contributed by atoms with Gasteiger partial charge in [0.15, 0.2) is 5.78 Å². The maximum atomic E-state index is 12.3. The molecule has 3 rings (SSSR count). The summed E-state index contributed by atoms with van der Waals surface area (Å²) in [6.07, 6.45) is 1.75. The predicted molar refractivity (Wildman–Crippen MR) is 83.7 cm³/mol. The lowest BCUT2D eigenvalue weighted by atomic mass is 9.78. The van der Waals surface area contributed by atoms with Crippen LogP contribution in [0.2, 0.25) is 0 Å². The molecule has 5 heteroatoms. The lowest BCUT2D eigenvalue weighted by molar-refractivity contribution is -0.147. The molecule has 1 saturated carbocycles. The molecule has 106 valence electrons. The Labute approximate surface area is 135 Å². The minimum absolute atomic E-state index is 0.0963. The van der Waals surface area contributed by atoms with E-state index in [0.717, 1.165) is 12.0 Å². The van der Waals surface area contributed by atoms with E-state index < -0.39 is 3.23 Å². The standard InChI is InChI=1S/C15H15Br2NO2/c16-15(17)8-12-6-11(14(15)20)7-13(19)18(12)9-10-4-2-1-3-5-10/h1-5,11-12H,6-9H2/t11-,12-/m0/s1. The number of alkyl halides is 2. The van der Waals surface area contributed by atoms with Gasteiger partial charge in [-0.05, 0) is 12.0 Å². The topological polar surface area (TPSA) is 37.4 Å². The molecule has 3 nitrogen and oxygen atoms in total. The molecule has 0 aromatic heterocycles. The van der Waals surface area contributed by atoms with Gasteiger partial charge in [-0.25, -0.2) is 0 Å². The first-order valence-electron chi connectivity index (χ1n) is 6.73. The van der Waals surface area contributed by atoms with Crippen molar-refractivity contribution in [2.24, 2.45) is 5.92 Å². The third kappa shape index (κ3) is 2.58. The number of fused-ring (bicyclic) bond motifs is 2. The summed E-state index contributed by atoms with van der Waals surface area (Å²) in [6, 6.07) is 10.1. The van der Waals surface area contributed by atoms with Gasteiger partial charge in [-0.15, -0.1) is 0 Å². The number of likely N-dealkylation sites (tertiary alicyclic amines) is 1. The summed E-state index contributed by atoms with van der Waals surface area (Å²) in [5.74, 6) is 0.0624. The van der Waals surface area contributed by atoms with Gasteiger partial charge in [0.25, 0.3) is 0 Å². The number of Topliss-reactive ketones (excluding diaryl/α,β-unsaturated/α-hetero) is 1. The summed E-state index contributed by atoms with van der Waals surface area (Å²) >= 11 is 6.95. The van der Waals surface area contributed by atoms with Crippen molar-refractivity contribution >= 4 is 43.6 Å². The number of ketones is 1. The van der Waals surface area contributed by atoms with Crippen LogP contribution in [0.3, 0.4) is 0 Å². The zero-order valence-electron chi connectivity index (χ0n) is 10.9. The number of hydrogen-bond donors (Lipinski definition) is 0. The van der Waals surface area contributed by atoms with Crippen LogP contribution >= 0.6 is 31.9 Å². The first-order chi connectivity index (χ1) is 9.47. The highest BCUT2D eigenvalue weighted by Gasteiger charge is 2.50. The SMILES string of the molecule is O=C1C[C@@H]2C[C@@H](CC(Br)(Br)C2=O)N1Cc1ccccc1. The lowest BCUT2D eigenvalue weighted by Crippen LogP contribution is -2.55. The average molecular weight is 401 g/mol. The van der Waals surface area contributed by atoms with E-state index in [-0.39, 0.29) is 23.7 Å². The highest BCUT2D eigenvalue weighted by atomic mass is 79.9. The Morgan fingerprint density at radius 3 is 2.60 bits per heavy atom. The maximum absolute atomic E-state index is 12.3. The normalized spacial score (nSPS) is 28.6. The zero-order valence-corrected chi connectivity index (χ0v) is 14.1. The van der Waals surface area contributed by atoms with E-state index in [4.69, 9.17) is 0 Å². The average Bonchev–Trinajstić information content (AvgIpc) is 2.41. The number of hydrogen-bond acceptors (Lipinski definition) is 2. The molecule has 0 unspecified atom stereocenters. The van der Waals surface area contributed by atoms with Crippen molar-refractivity contribution in [3.63, 3.8) is 0 Å². The van der Waals surface area contributed by atoms with Crippen molar-refractivity contribution in [3.05, 3.63) is 35.9 Å². The minimum atomic E-state index is -0.663. The third-order valence-corrected chi connectivity index (χ3v) is 5.59. The van der Waals surface area contributed by atoms with E-state index in [2.05, 4.69) is 31.9 Å². The molecule has 2 atom stereocenters. The summed E-state index contributed by atoms with van der Waals surface area (Å²) < 4.78 is -0.663. The van der Waals surface area contributed by atoms with Crippen LogP contribution in [0.5, 0.6) is 0 Å². The number of nitrogens with zero attached hydrogens (tertiary/aromatic N) is 1.